The van der Waals surface area contributed by atoms with Gasteiger partial charge in [-0.3, -0.25) is 4.79 Å². The Kier molecular flexibility index (Phi) is 7.67. The van der Waals surface area contributed by atoms with Gasteiger partial charge in [-0.25, -0.2) is 0 Å². The van der Waals surface area contributed by atoms with Crippen molar-refractivity contribution in [3.8, 4) is 0 Å². The Morgan fingerprint density at radius 3 is 2.47 bits per heavy atom. The molecule has 100 valence electrons. The normalized spacial score (nSPS) is 19.6. The topological polar surface area (TPSA) is 29.1 Å². The molecule has 1 atom stereocenters. The lowest BCUT2D eigenvalue weighted by molar-refractivity contribution is -0.122. The molecule has 1 fully saturated rings. The summed E-state index contributed by atoms with van der Waals surface area (Å²) in [6.07, 6.45) is 10.4. The highest BCUT2D eigenvalue weighted by atomic mass is 35.5. The molecule has 1 saturated carbocycles. The number of carbonyl (C=O) groups is 1. The lowest BCUT2D eigenvalue weighted by Crippen LogP contribution is -2.35. The number of halogens is 1. The number of carbonyl (C=O) groups excluding carboxylic acids is 1. The Labute approximate surface area is 110 Å². The molecule has 2 nitrogen and oxygen atoms in total. The fourth-order valence-electron chi connectivity index (χ4n) is 2.63. The van der Waals surface area contributed by atoms with Gasteiger partial charge >= 0.3 is 0 Å². The van der Waals surface area contributed by atoms with Gasteiger partial charge in [0.15, 0.2) is 0 Å². The van der Waals surface area contributed by atoms with Crippen LogP contribution in [0, 0.1) is 5.92 Å². The van der Waals surface area contributed by atoms with E-state index in [-0.39, 0.29) is 11.9 Å². The van der Waals surface area contributed by atoms with Gasteiger partial charge in [0.25, 0.3) is 0 Å². The molecule has 1 aliphatic rings. The van der Waals surface area contributed by atoms with Gasteiger partial charge in [-0.15, -0.1) is 11.6 Å². The third-order valence-corrected chi connectivity index (χ3v) is 3.98. The smallest absolute Gasteiger partial charge is 0.220 e. The van der Waals surface area contributed by atoms with Crippen LogP contribution >= 0.6 is 11.6 Å². The Bertz CT molecular complexity index is 212. The highest BCUT2D eigenvalue weighted by Gasteiger charge is 2.17. The fourth-order valence-corrected chi connectivity index (χ4v) is 2.89. The van der Waals surface area contributed by atoms with E-state index in [1.165, 1.54) is 38.5 Å². The average molecular weight is 260 g/mol. The SMILES string of the molecule is CCC(CCCl)NC(=O)CC1CCCCCC1. The van der Waals surface area contributed by atoms with Crippen LogP contribution in [0.2, 0.25) is 0 Å². The van der Waals surface area contributed by atoms with Gasteiger partial charge in [0.05, 0.1) is 0 Å². The van der Waals surface area contributed by atoms with E-state index in [1.807, 2.05) is 0 Å². The standard InChI is InChI=1S/C14H26ClNO/c1-2-13(9-10-15)16-14(17)11-12-7-5-3-4-6-8-12/h12-13H,2-11H2,1H3,(H,16,17). The number of alkyl halides is 1. The summed E-state index contributed by atoms with van der Waals surface area (Å²) in [7, 11) is 0. The van der Waals surface area contributed by atoms with Crippen LogP contribution in [0.25, 0.3) is 0 Å². The number of amides is 1. The molecule has 0 aromatic carbocycles. The summed E-state index contributed by atoms with van der Waals surface area (Å²) in [5.74, 6) is 1.47. The van der Waals surface area contributed by atoms with E-state index in [9.17, 15) is 4.79 Å². The third kappa shape index (κ3) is 6.30. The number of hydrogen-bond donors (Lipinski definition) is 1. The summed E-state index contributed by atoms with van der Waals surface area (Å²) in [6.45, 7) is 2.10. The van der Waals surface area contributed by atoms with Crippen LogP contribution < -0.4 is 5.32 Å². The zero-order chi connectivity index (χ0) is 12.5. The van der Waals surface area contributed by atoms with Crippen LogP contribution in [-0.2, 0) is 4.79 Å². The molecule has 17 heavy (non-hydrogen) atoms. The van der Waals surface area contributed by atoms with E-state index in [0.29, 0.717) is 11.8 Å². The van der Waals surface area contributed by atoms with Crippen molar-refractivity contribution in [1.82, 2.24) is 5.32 Å². The molecule has 0 heterocycles. The highest BCUT2D eigenvalue weighted by Crippen LogP contribution is 2.25. The maximum Gasteiger partial charge on any atom is 0.220 e. The molecular weight excluding hydrogens is 234 g/mol. The zero-order valence-electron chi connectivity index (χ0n) is 11.0. The Morgan fingerprint density at radius 2 is 1.94 bits per heavy atom. The van der Waals surface area contributed by atoms with Gasteiger partial charge in [-0.2, -0.15) is 0 Å². The molecule has 1 rings (SSSR count). The van der Waals surface area contributed by atoms with Crippen LogP contribution in [-0.4, -0.2) is 17.8 Å². The molecule has 0 saturated heterocycles. The first-order valence-electron chi connectivity index (χ1n) is 7.11. The summed E-state index contributed by atoms with van der Waals surface area (Å²) < 4.78 is 0. The van der Waals surface area contributed by atoms with Gasteiger partial charge in [0, 0.05) is 18.3 Å². The second-order valence-electron chi connectivity index (χ2n) is 5.21. The lowest BCUT2D eigenvalue weighted by Gasteiger charge is -2.18. The van der Waals surface area contributed by atoms with E-state index >= 15 is 0 Å². The van der Waals surface area contributed by atoms with Gasteiger partial charge in [-0.1, -0.05) is 32.6 Å². The first kappa shape index (κ1) is 14.8. The largest absolute Gasteiger partial charge is 0.353 e. The van der Waals surface area contributed by atoms with Crippen molar-refractivity contribution < 1.29 is 4.79 Å². The summed E-state index contributed by atoms with van der Waals surface area (Å²) in [5, 5.41) is 3.11. The maximum atomic E-state index is 11.9. The Balaban J connectivity index is 2.26. The van der Waals surface area contributed by atoms with Crippen LogP contribution in [0.1, 0.15) is 64.7 Å². The monoisotopic (exact) mass is 259 g/mol. The molecule has 0 spiro atoms. The molecule has 1 amide bonds. The minimum Gasteiger partial charge on any atom is -0.353 e. The molecule has 0 aromatic heterocycles. The van der Waals surface area contributed by atoms with Crippen LogP contribution in [0.15, 0.2) is 0 Å². The summed E-state index contributed by atoms with van der Waals surface area (Å²) in [6, 6.07) is 0.269. The van der Waals surface area contributed by atoms with E-state index in [2.05, 4.69) is 12.2 Å². The van der Waals surface area contributed by atoms with Crippen LogP contribution in [0.4, 0.5) is 0 Å². The quantitative estimate of drug-likeness (QED) is 0.569. The van der Waals surface area contributed by atoms with E-state index in [0.717, 1.165) is 19.3 Å². The van der Waals surface area contributed by atoms with Gasteiger partial charge in [-0.05, 0) is 31.6 Å². The molecule has 0 radical (unpaired) electrons. The molecule has 1 unspecified atom stereocenters. The summed E-state index contributed by atoms with van der Waals surface area (Å²) in [4.78, 5) is 11.9. The minimum atomic E-state index is 0.230. The average Bonchev–Trinajstić information content (AvgIpc) is 2.57. The maximum absolute atomic E-state index is 11.9. The van der Waals surface area contributed by atoms with Gasteiger partial charge in [0.1, 0.15) is 0 Å². The second kappa shape index (κ2) is 8.79. The molecule has 3 heteroatoms. The Hall–Kier alpha value is -0.240. The van der Waals surface area contributed by atoms with Crippen LogP contribution in [0.5, 0.6) is 0 Å². The van der Waals surface area contributed by atoms with Crippen molar-refractivity contribution in [3.05, 3.63) is 0 Å². The molecule has 0 aromatic rings. The van der Waals surface area contributed by atoms with Crippen molar-refractivity contribution in [3.63, 3.8) is 0 Å². The van der Waals surface area contributed by atoms with E-state index in [4.69, 9.17) is 11.6 Å². The second-order valence-corrected chi connectivity index (χ2v) is 5.59. The molecular formula is C14H26ClNO. The van der Waals surface area contributed by atoms with Gasteiger partial charge in [0.2, 0.25) is 5.91 Å². The predicted molar refractivity (Wildman–Crippen MR) is 73.4 cm³/mol. The molecule has 0 aliphatic heterocycles. The Morgan fingerprint density at radius 1 is 1.29 bits per heavy atom. The van der Waals surface area contributed by atoms with Crippen molar-refractivity contribution >= 4 is 17.5 Å². The first-order valence-corrected chi connectivity index (χ1v) is 7.65. The van der Waals surface area contributed by atoms with Gasteiger partial charge < -0.3 is 5.32 Å². The lowest BCUT2D eigenvalue weighted by atomic mass is 9.96. The third-order valence-electron chi connectivity index (χ3n) is 3.76. The number of rotatable bonds is 6. The number of hydrogen-bond acceptors (Lipinski definition) is 1. The highest BCUT2D eigenvalue weighted by molar-refractivity contribution is 6.17. The minimum absolute atomic E-state index is 0.230. The van der Waals surface area contributed by atoms with E-state index in [1.54, 1.807) is 0 Å². The molecule has 0 bridgehead atoms. The predicted octanol–water partition coefficient (Wildman–Crippen LogP) is 3.87. The van der Waals surface area contributed by atoms with Crippen molar-refractivity contribution in [2.75, 3.05) is 5.88 Å². The summed E-state index contributed by atoms with van der Waals surface area (Å²) >= 11 is 5.72. The molecule has 1 N–H and O–H groups in total. The number of nitrogens with one attached hydrogen (secondary N) is 1. The zero-order valence-corrected chi connectivity index (χ0v) is 11.8. The summed E-state index contributed by atoms with van der Waals surface area (Å²) in [5.41, 5.74) is 0. The molecule has 1 aliphatic carbocycles. The van der Waals surface area contributed by atoms with E-state index < -0.39 is 0 Å². The van der Waals surface area contributed by atoms with Crippen molar-refractivity contribution in [1.29, 1.82) is 0 Å². The first-order chi connectivity index (χ1) is 8.26. The van der Waals surface area contributed by atoms with Crippen LogP contribution in [0.3, 0.4) is 0 Å². The van der Waals surface area contributed by atoms with Crippen molar-refractivity contribution in [2.24, 2.45) is 5.92 Å². The van der Waals surface area contributed by atoms with Crippen molar-refractivity contribution in [2.45, 2.75) is 70.8 Å². The fraction of sp³-hybridized carbons (Fsp3) is 0.929.